The van der Waals surface area contributed by atoms with Gasteiger partial charge in [0.1, 0.15) is 5.67 Å². The molecule has 84 valence electrons. The molecule has 0 bridgehead atoms. The van der Waals surface area contributed by atoms with Gasteiger partial charge in [-0.05, 0) is 39.3 Å². The molecule has 4 heteroatoms. The van der Waals surface area contributed by atoms with E-state index in [-0.39, 0.29) is 0 Å². The lowest BCUT2D eigenvalue weighted by molar-refractivity contribution is 0.192. The van der Waals surface area contributed by atoms with Crippen LogP contribution < -0.4 is 5.32 Å². The van der Waals surface area contributed by atoms with Crippen molar-refractivity contribution in [2.75, 3.05) is 13.1 Å². The Morgan fingerprint density at radius 2 is 2.40 bits per heavy atom. The Labute approximate surface area is 89.7 Å². The van der Waals surface area contributed by atoms with Gasteiger partial charge in [-0.2, -0.15) is 5.10 Å². The minimum Gasteiger partial charge on any atom is -0.315 e. The molecular weight excluding hydrogens is 193 g/mol. The van der Waals surface area contributed by atoms with Gasteiger partial charge >= 0.3 is 0 Å². The Morgan fingerprint density at radius 3 is 3.00 bits per heavy atom. The Kier molecular flexibility index (Phi) is 2.78. The minimum atomic E-state index is -1.31. The minimum absolute atomic E-state index is 0.304. The van der Waals surface area contributed by atoms with Crippen LogP contribution in [-0.2, 0) is 5.67 Å². The number of nitrogens with zero attached hydrogens (tertiary/aromatic N) is 2. The van der Waals surface area contributed by atoms with Crippen molar-refractivity contribution in [3.8, 4) is 0 Å². The topological polar surface area (TPSA) is 29.9 Å². The van der Waals surface area contributed by atoms with Crippen LogP contribution in [0, 0.1) is 0 Å². The Bertz CT molecular complexity index is 321. The first kappa shape index (κ1) is 10.6. The Morgan fingerprint density at radius 1 is 1.60 bits per heavy atom. The fourth-order valence-electron chi connectivity index (χ4n) is 2.12. The van der Waals surface area contributed by atoms with Crippen LogP contribution in [0.1, 0.15) is 38.4 Å². The van der Waals surface area contributed by atoms with E-state index in [9.17, 15) is 4.39 Å². The number of piperidine rings is 1. The summed E-state index contributed by atoms with van der Waals surface area (Å²) in [7, 11) is 0. The molecule has 2 rings (SSSR count). The molecule has 1 saturated heterocycles. The summed E-state index contributed by atoms with van der Waals surface area (Å²) in [6, 6.07) is 2.08. The molecule has 1 aliphatic rings. The smallest absolute Gasteiger partial charge is 0.146 e. The van der Waals surface area contributed by atoms with E-state index in [1.807, 2.05) is 4.68 Å². The third-order valence-electron chi connectivity index (χ3n) is 2.90. The zero-order valence-electron chi connectivity index (χ0n) is 9.33. The first-order valence-corrected chi connectivity index (χ1v) is 5.52. The molecule has 1 fully saturated rings. The number of nitrogens with one attached hydrogen (secondary N) is 1. The van der Waals surface area contributed by atoms with Gasteiger partial charge in [0.05, 0.1) is 11.7 Å². The van der Waals surface area contributed by atoms with Gasteiger partial charge in [0.15, 0.2) is 0 Å². The molecule has 0 aliphatic carbocycles. The fraction of sp³-hybridized carbons (Fsp3) is 0.727. The second-order valence-electron chi connectivity index (χ2n) is 4.63. The Hall–Kier alpha value is -0.900. The van der Waals surface area contributed by atoms with Crippen molar-refractivity contribution in [2.45, 2.75) is 38.4 Å². The summed E-state index contributed by atoms with van der Waals surface area (Å²) in [5, 5.41) is 7.56. The summed E-state index contributed by atoms with van der Waals surface area (Å²) >= 11 is 0. The average Bonchev–Trinajstić information content (AvgIpc) is 2.67. The maximum absolute atomic E-state index is 13.9. The van der Waals surface area contributed by atoms with E-state index in [0.29, 0.717) is 11.7 Å². The van der Waals surface area contributed by atoms with E-state index >= 15 is 0 Å². The van der Waals surface area contributed by atoms with Crippen LogP contribution in [0.25, 0.3) is 0 Å². The van der Waals surface area contributed by atoms with Crippen molar-refractivity contribution >= 4 is 0 Å². The molecule has 2 heterocycles. The molecule has 15 heavy (non-hydrogen) atoms. The van der Waals surface area contributed by atoms with E-state index in [2.05, 4.69) is 10.4 Å². The number of rotatable bonds is 2. The van der Waals surface area contributed by atoms with Crippen molar-refractivity contribution < 1.29 is 4.39 Å². The van der Waals surface area contributed by atoms with E-state index in [4.69, 9.17) is 0 Å². The average molecular weight is 211 g/mol. The molecule has 0 radical (unpaired) electrons. The van der Waals surface area contributed by atoms with Gasteiger partial charge in [-0.3, -0.25) is 4.68 Å². The first-order valence-electron chi connectivity index (χ1n) is 5.52. The van der Waals surface area contributed by atoms with Crippen LogP contribution in [0.2, 0.25) is 0 Å². The zero-order chi connectivity index (χ0) is 10.9. The highest BCUT2D eigenvalue weighted by atomic mass is 19.1. The predicted octanol–water partition coefficient (Wildman–Crippen LogP) is 2.01. The number of hydrogen-bond acceptors (Lipinski definition) is 2. The second-order valence-corrected chi connectivity index (χ2v) is 4.63. The summed E-state index contributed by atoms with van der Waals surface area (Å²) in [4.78, 5) is 0. The summed E-state index contributed by atoms with van der Waals surface area (Å²) in [5.41, 5.74) is -0.635. The Balaban J connectivity index is 2.24. The van der Waals surface area contributed by atoms with Crippen molar-refractivity contribution in [1.82, 2.24) is 15.1 Å². The quantitative estimate of drug-likeness (QED) is 0.811. The molecule has 1 atom stereocenters. The molecule has 1 unspecified atom stereocenters. The lowest BCUT2D eigenvalue weighted by Gasteiger charge is -2.27. The SMILES string of the molecule is CC(C)(F)c1ccnn1C1CCCNC1. The molecule has 0 saturated carbocycles. The number of hydrogen-bond donors (Lipinski definition) is 1. The summed E-state index contributed by atoms with van der Waals surface area (Å²) in [5.74, 6) is 0. The normalized spacial score (nSPS) is 23.0. The molecule has 1 aliphatic heterocycles. The van der Waals surface area contributed by atoms with Gasteiger partial charge in [0.2, 0.25) is 0 Å². The molecule has 3 nitrogen and oxygen atoms in total. The van der Waals surface area contributed by atoms with Crippen LogP contribution >= 0.6 is 0 Å². The molecular formula is C11H18FN3. The summed E-state index contributed by atoms with van der Waals surface area (Å²) in [6.07, 6.45) is 3.90. The summed E-state index contributed by atoms with van der Waals surface area (Å²) in [6.45, 7) is 5.12. The third-order valence-corrected chi connectivity index (χ3v) is 2.90. The molecule has 1 aromatic rings. The van der Waals surface area contributed by atoms with Crippen LogP contribution in [0.5, 0.6) is 0 Å². The van der Waals surface area contributed by atoms with E-state index in [1.165, 1.54) is 0 Å². The first-order chi connectivity index (χ1) is 7.09. The predicted molar refractivity (Wildman–Crippen MR) is 57.5 cm³/mol. The van der Waals surface area contributed by atoms with Crippen LogP contribution in [0.15, 0.2) is 12.3 Å². The highest BCUT2D eigenvalue weighted by Gasteiger charge is 2.27. The van der Waals surface area contributed by atoms with Crippen molar-refractivity contribution in [3.63, 3.8) is 0 Å². The van der Waals surface area contributed by atoms with Crippen LogP contribution in [-0.4, -0.2) is 22.9 Å². The van der Waals surface area contributed by atoms with E-state index < -0.39 is 5.67 Å². The zero-order valence-corrected chi connectivity index (χ0v) is 9.33. The standard InChI is InChI=1S/C11H18FN3/c1-11(2,12)10-5-7-14-15(10)9-4-3-6-13-8-9/h5,7,9,13H,3-4,6,8H2,1-2H3. The molecule has 0 spiro atoms. The number of halogens is 1. The molecule has 1 aromatic heterocycles. The van der Waals surface area contributed by atoms with Crippen molar-refractivity contribution in [2.24, 2.45) is 0 Å². The maximum atomic E-state index is 13.9. The third kappa shape index (κ3) is 2.20. The highest BCUT2D eigenvalue weighted by molar-refractivity contribution is 5.10. The highest BCUT2D eigenvalue weighted by Crippen LogP contribution is 2.28. The lowest BCUT2D eigenvalue weighted by Crippen LogP contribution is -2.34. The number of alkyl halides is 1. The largest absolute Gasteiger partial charge is 0.315 e. The van der Waals surface area contributed by atoms with Gasteiger partial charge in [-0.1, -0.05) is 0 Å². The van der Waals surface area contributed by atoms with E-state index in [1.54, 1.807) is 26.1 Å². The van der Waals surface area contributed by atoms with Gasteiger partial charge in [0.25, 0.3) is 0 Å². The monoisotopic (exact) mass is 211 g/mol. The lowest BCUT2D eigenvalue weighted by atomic mass is 10.0. The van der Waals surface area contributed by atoms with Crippen LogP contribution in [0.4, 0.5) is 4.39 Å². The van der Waals surface area contributed by atoms with Gasteiger partial charge in [0, 0.05) is 12.7 Å². The second kappa shape index (κ2) is 3.93. The molecule has 0 amide bonds. The molecule has 0 aromatic carbocycles. The van der Waals surface area contributed by atoms with Gasteiger partial charge in [-0.15, -0.1) is 0 Å². The van der Waals surface area contributed by atoms with Gasteiger partial charge < -0.3 is 5.32 Å². The van der Waals surface area contributed by atoms with Crippen molar-refractivity contribution in [3.05, 3.63) is 18.0 Å². The van der Waals surface area contributed by atoms with Crippen molar-refractivity contribution in [1.29, 1.82) is 0 Å². The number of aromatic nitrogens is 2. The van der Waals surface area contributed by atoms with Gasteiger partial charge in [-0.25, -0.2) is 4.39 Å². The summed E-state index contributed by atoms with van der Waals surface area (Å²) < 4.78 is 15.7. The van der Waals surface area contributed by atoms with Crippen LogP contribution in [0.3, 0.4) is 0 Å². The fourth-order valence-corrected chi connectivity index (χ4v) is 2.12. The molecule has 1 N–H and O–H groups in total. The van der Waals surface area contributed by atoms with E-state index in [0.717, 1.165) is 25.9 Å². The maximum Gasteiger partial charge on any atom is 0.146 e.